The number of benzene rings is 1. The first kappa shape index (κ1) is 16.0. The van der Waals surface area contributed by atoms with Crippen LogP contribution in [0.3, 0.4) is 0 Å². The molecule has 7 nitrogen and oxygen atoms in total. The summed E-state index contributed by atoms with van der Waals surface area (Å²) in [6, 6.07) is 1.34. The van der Waals surface area contributed by atoms with E-state index in [0.717, 1.165) is 0 Å². The highest BCUT2D eigenvalue weighted by Gasteiger charge is 2.25. The van der Waals surface area contributed by atoms with Crippen molar-refractivity contribution in [3.63, 3.8) is 0 Å². The third-order valence-corrected chi connectivity index (χ3v) is 3.64. The van der Waals surface area contributed by atoms with Gasteiger partial charge in [0.05, 0.1) is 40.5 Å². The maximum Gasteiger partial charge on any atom is 0.282 e. The largest absolute Gasteiger partial charge is 0.493 e. The summed E-state index contributed by atoms with van der Waals surface area (Å²) in [5, 5.41) is 15.3. The lowest BCUT2D eigenvalue weighted by Gasteiger charge is -2.15. The van der Waals surface area contributed by atoms with E-state index in [4.69, 9.17) is 9.47 Å². The van der Waals surface area contributed by atoms with Crippen LogP contribution in [0.1, 0.15) is 0 Å². The molecule has 2 aromatic rings. The number of hydrogen-bond acceptors (Lipinski definition) is 6. The molecule has 2 rings (SSSR count). The first-order valence-corrected chi connectivity index (χ1v) is 7.06. The molecule has 0 aliphatic rings. The van der Waals surface area contributed by atoms with Crippen molar-refractivity contribution in [2.24, 2.45) is 0 Å². The monoisotopic (exact) mass is 367 g/mol. The molecule has 0 amide bonds. The molecule has 1 aromatic heterocycles. The van der Waals surface area contributed by atoms with Crippen molar-refractivity contribution in [3.05, 3.63) is 39.5 Å². The molecule has 0 saturated carbocycles. The standard InChI is InChI=1S/C14H14BrN3O4/c1-4-5-16-14-12-11(8(15)7-17-14)9(18(19)20)6-10(21-2)13(12)22-3/h4,6-7H,1,5H2,2-3H3,(H,16,17). The van der Waals surface area contributed by atoms with E-state index in [2.05, 4.69) is 32.8 Å². The van der Waals surface area contributed by atoms with Gasteiger partial charge in [0.15, 0.2) is 11.5 Å². The number of anilines is 1. The number of halogens is 1. The Kier molecular flexibility index (Phi) is 4.81. The third kappa shape index (κ3) is 2.69. The topological polar surface area (TPSA) is 86.5 Å². The zero-order valence-electron chi connectivity index (χ0n) is 12.1. The number of nitro benzene ring substituents is 1. The molecular formula is C14H14BrN3O4. The first-order valence-electron chi connectivity index (χ1n) is 6.27. The zero-order valence-corrected chi connectivity index (χ0v) is 13.6. The molecule has 22 heavy (non-hydrogen) atoms. The van der Waals surface area contributed by atoms with Gasteiger partial charge in [-0.2, -0.15) is 0 Å². The predicted octanol–water partition coefficient (Wildman–Crippen LogP) is 3.52. The van der Waals surface area contributed by atoms with E-state index >= 15 is 0 Å². The summed E-state index contributed by atoms with van der Waals surface area (Å²) in [7, 11) is 2.90. The van der Waals surface area contributed by atoms with Crippen LogP contribution in [0.5, 0.6) is 11.5 Å². The molecule has 116 valence electrons. The highest BCUT2D eigenvalue weighted by molar-refractivity contribution is 9.10. The molecule has 1 N–H and O–H groups in total. The van der Waals surface area contributed by atoms with Crippen molar-refractivity contribution in [2.45, 2.75) is 0 Å². The minimum Gasteiger partial charge on any atom is -0.493 e. The molecular weight excluding hydrogens is 354 g/mol. The van der Waals surface area contributed by atoms with E-state index in [1.807, 2.05) is 0 Å². The van der Waals surface area contributed by atoms with Gasteiger partial charge in [-0.15, -0.1) is 6.58 Å². The van der Waals surface area contributed by atoms with E-state index in [1.54, 1.807) is 6.08 Å². The van der Waals surface area contributed by atoms with Crippen molar-refractivity contribution in [3.8, 4) is 11.5 Å². The van der Waals surface area contributed by atoms with Gasteiger partial charge >= 0.3 is 0 Å². The lowest BCUT2D eigenvalue weighted by molar-refractivity contribution is -0.383. The van der Waals surface area contributed by atoms with Crippen LogP contribution in [0.2, 0.25) is 0 Å². The molecule has 0 radical (unpaired) electrons. The predicted molar refractivity (Wildman–Crippen MR) is 87.9 cm³/mol. The Morgan fingerprint density at radius 1 is 1.45 bits per heavy atom. The number of nitrogens with one attached hydrogen (secondary N) is 1. The average molecular weight is 368 g/mol. The average Bonchev–Trinajstić information content (AvgIpc) is 2.52. The van der Waals surface area contributed by atoms with Crippen LogP contribution < -0.4 is 14.8 Å². The lowest BCUT2D eigenvalue weighted by atomic mass is 10.1. The number of non-ortho nitro benzene ring substituents is 1. The van der Waals surface area contributed by atoms with Gasteiger partial charge in [-0.1, -0.05) is 6.08 Å². The van der Waals surface area contributed by atoms with E-state index in [1.165, 1.54) is 26.5 Å². The molecule has 0 atom stereocenters. The molecule has 0 bridgehead atoms. The van der Waals surface area contributed by atoms with Crippen molar-refractivity contribution >= 4 is 38.2 Å². The second-order valence-corrected chi connectivity index (χ2v) is 5.12. The fraction of sp³-hybridized carbons (Fsp3) is 0.214. The van der Waals surface area contributed by atoms with Crippen LogP contribution in [-0.2, 0) is 0 Å². The normalized spacial score (nSPS) is 10.3. The van der Waals surface area contributed by atoms with Gasteiger partial charge in [0.25, 0.3) is 5.69 Å². The number of fused-ring (bicyclic) bond motifs is 1. The molecule has 0 aliphatic heterocycles. The molecule has 0 spiro atoms. The van der Waals surface area contributed by atoms with Crippen molar-refractivity contribution < 1.29 is 14.4 Å². The summed E-state index contributed by atoms with van der Waals surface area (Å²) in [4.78, 5) is 15.2. The number of hydrogen-bond donors (Lipinski definition) is 1. The summed E-state index contributed by atoms with van der Waals surface area (Å²) in [6.45, 7) is 4.09. The van der Waals surface area contributed by atoms with Gasteiger partial charge in [-0.3, -0.25) is 10.1 Å². The van der Waals surface area contributed by atoms with Crippen LogP contribution >= 0.6 is 15.9 Å². The Hall–Kier alpha value is -2.35. The quantitative estimate of drug-likeness (QED) is 0.477. The van der Waals surface area contributed by atoms with E-state index in [-0.39, 0.29) is 11.4 Å². The van der Waals surface area contributed by atoms with Crippen LogP contribution in [0.15, 0.2) is 29.4 Å². The zero-order chi connectivity index (χ0) is 16.3. The minimum absolute atomic E-state index is 0.0939. The Morgan fingerprint density at radius 2 is 2.18 bits per heavy atom. The number of pyridine rings is 1. The number of aromatic nitrogens is 1. The second kappa shape index (κ2) is 6.61. The van der Waals surface area contributed by atoms with Gasteiger partial charge in [0.2, 0.25) is 0 Å². The van der Waals surface area contributed by atoms with E-state index < -0.39 is 4.92 Å². The van der Waals surface area contributed by atoms with E-state index in [0.29, 0.717) is 33.4 Å². The number of methoxy groups -OCH3 is 2. The maximum absolute atomic E-state index is 11.4. The molecule has 1 aromatic carbocycles. The Bertz CT molecular complexity index is 749. The lowest BCUT2D eigenvalue weighted by Crippen LogP contribution is -2.04. The Labute approximate surface area is 135 Å². The van der Waals surface area contributed by atoms with Gasteiger partial charge in [-0.25, -0.2) is 4.98 Å². The van der Waals surface area contributed by atoms with Crippen molar-refractivity contribution in [1.29, 1.82) is 0 Å². The summed E-state index contributed by atoms with van der Waals surface area (Å²) in [6.07, 6.45) is 3.17. The van der Waals surface area contributed by atoms with Gasteiger partial charge in [0, 0.05) is 12.7 Å². The second-order valence-electron chi connectivity index (χ2n) is 4.26. The third-order valence-electron chi connectivity index (χ3n) is 3.04. The summed E-state index contributed by atoms with van der Waals surface area (Å²) < 4.78 is 11.1. The van der Waals surface area contributed by atoms with Crippen LogP contribution in [0.25, 0.3) is 10.8 Å². The fourth-order valence-corrected chi connectivity index (χ4v) is 2.65. The minimum atomic E-state index is -0.466. The summed E-state index contributed by atoms with van der Waals surface area (Å²) in [5.74, 6) is 1.10. The number of ether oxygens (including phenoxy) is 2. The molecule has 0 aliphatic carbocycles. The highest BCUT2D eigenvalue weighted by Crippen LogP contribution is 2.46. The van der Waals surface area contributed by atoms with Crippen LogP contribution in [0.4, 0.5) is 11.5 Å². The summed E-state index contributed by atoms with van der Waals surface area (Å²) in [5.41, 5.74) is -0.0939. The van der Waals surface area contributed by atoms with Gasteiger partial charge in [-0.05, 0) is 15.9 Å². The first-order chi connectivity index (χ1) is 10.5. The summed E-state index contributed by atoms with van der Waals surface area (Å²) >= 11 is 3.32. The smallest absolute Gasteiger partial charge is 0.282 e. The molecule has 1 heterocycles. The number of nitrogens with zero attached hydrogens (tertiary/aromatic N) is 2. The highest BCUT2D eigenvalue weighted by atomic mass is 79.9. The van der Waals surface area contributed by atoms with Gasteiger partial charge < -0.3 is 14.8 Å². The maximum atomic E-state index is 11.4. The van der Waals surface area contributed by atoms with Crippen molar-refractivity contribution in [2.75, 3.05) is 26.1 Å². The van der Waals surface area contributed by atoms with Crippen LogP contribution in [-0.4, -0.2) is 30.7 Å². The molecule has 0 fully saturated rings. The Morgan fingerprint density at radius 3 is 2.73 bits per heavy atom. The molecule has 0 unspecified atom stereocenters. The molecule has 8 heteroatoms. The fourth-order valence-electron chi connectivity index (χ4n) is 2.15. The number of rotatable bonds is 6. The molecule has 0 saturated heterocycles. The SMILES string of the molecule is C=CCNc1ncc(Br)c2c([N+](=O)[O-])cc(OC)c(OC)c12. The Balaban J connectivity index is 2.94. The van der Waals surface area contributed by atoms with Crippen molar-refractivity contribution in [1.82, 2.24) is 4.98 Å². The van der Waals surface area contributed by atoms with Crippen LogP contribution in [0, 0.1) is 10.1 Å². The van der Waals surface area contributed by atoms with Gasteiger partial charge in [0.1, 0.15) is 5.82 Å². The van der Waals surface area contributed by atoms with E-state index in [9.17, 15) is 10.1 Å². The number of nitro groups is 1.